The van der Waals surface area contributed by atoms with Crippen LogP contribution in [-0.4, -0.2) is 37.5 Å². The molecule has 8 nitrogen and oxygen atoms in total. The van der Waals surface area contributed by atoms with Crippen LogP contribution in [0.4, 0.5) is 0 Å². The maximum absolute atomic E-state index is 12.3. The first-order valence-corrected chi connectivity index (χ1v) is 10.2. The summed E-state index contributed by atoms with van der Waals surface area (Å²) >= 11 is 0. The van der Waals surface area contributed by atoms with Gasteiger partial charge in [-0.05, 0) is 37.7 Å². The largest absolute Gasteiger partial charge is 0.451 e. The summed E-state index contributed by atoms with van der Waals surface area (Å²) < 4.78 is 33.6. The van der Waals surface area contributed by atoms with Crippen LogP contribution in [0.1, 0.15) is 29.7 Å². The Morgan fingerprint density at radius 1 is 1.30 bits per heavy atom. The zero-order chi connectivity index (χ0) is 19.4. The second-order valence-corrected chi connectivity index (χ2v) is 7.90. The number of carbonyl (C=O) groups excluding carboxylic acids is 1. The molecule has 3 rings (SSSR count). The fraction of sp³-hybridized carbons (Fsp3) is 0.333. The SMILES string of the molecule is CCc1nccn1CCCNC(=O)c1cc2cc(S(=O)(=O)NC)ccc2o1. The predicted octanol–water partition coefficient (Wildman–Crippen LogP) is 1.92. The van der Waals surface area contributed by atoms with E-state index in [9.17, 15) is 13.2 Å². The molecule has 0 saturated carbocycles. The van der Waals surface area contributed by atoms with E-state index in [-0.39, 0.29) is 16.6 Å². The highest BCUT2D eigenvalue weighted by Crippen LogP contribution is 2.22. The van der Waals surface area contributed by atoms with E-state index in [1.165, 1.54) is 19.2 Å². The van der Waals surface area contributed by atoms with Gasteiger partial charge in [-0.3, -0.25) is 4.79 Å². The number of carbonyl (C=O) groups is 1. The molecule has 0 aliphatic heterocycles. The average molecular weight is 390 g/mol. The lowest BCUT2D eigenvalue weighted by Crippen LogP contribution is -2.24. The van der Waals surface area contributed by atoms with Gasteiger partial charge in [0.15, 0.2) is 5.76 Å². The van der Waals surface area contributed by atoms with Crippen molar-refractivity contribution in [3.63, 3.8) is 0 Å². The van der Waals surface area contributed by atoms with Crippen LogP contribution >= 0.6 is 0 Å². The number of rotatable bonds is 8. The van der Waals surface area contributed by atoms with Crippen molar-refractivity contribution in [1.29, 1.82) is 0 Å². The number of nitrogens with one attached hydrogen (secondary N) is 2. The molecule has 1 amide bonds. The number of furan rings is 1. The number of amides is 1. The number of hydrogen-bond acceptors (Lipinski definition) is 5. The third kappa shape index (κ3) is 4.20. The fourth-order valence-electron chi connectivity index (χ4n) is 2.81. The number of benzene rings is 1. The Balaban J connectivity index is 1.62. The maximum Gasteiger partial charge on any atom is 0.287 e. The smallest absolute Gasteiger partial charge is 0.287 e. The molecule has 144 valence electrons. The molecule has 0 atom stereocenters. The van der Waals surface area contributed by atoms with E-state index in [2.05, 4.69) is 26.5 Å². The van der Waals surface area contributed by atoms with Gasteiger partial charge in [-0.1, -0.05) is 6.92 Å². The van der Waals surface area contributed by atoms with Gasteiger partial charge in [-0.15, -0.1) is 0 Å². The normalized spacial score (nSPS) is 11.8. The number of sulfonamides is 1. The average Bonchev–Trinajstić information content (AvgIpc) is 3.30. The molecule has 1 aromatic carbocycles. The summed E-state index contributed by atoms with van der Waals surface area (Å²) in [6.07, 6.45) is 5.33. The molecular weight excluding hydrogens is 368 g/mol. The molecule has 3 aromatic rings. The highest BCUT2D eigenvalue weighted by atomic mass is 32.2. The molecule has 0 saturated heterocycles. The van der Waals surface area contributed by atoms with Gasteiger partial charge in [0.25, 0.3) is 5.91 Å². The molecule has 0 fully saturated rings. The lowest BCUT2D eigenvalue weighted by atomic mass is 10.2. The number of aryl methyl sites for hydroxylation is 2. The van der Waals surface area contributed by atoms with Crippen LogP contribution in [0.25, 0.3) is 11.0 Å². The van der Waals surface area contributed by atoms with Crippen LogP contribution in [0.3, 0.4) is 0 Å². The monoisotopic (exact) mass is 390 g/mol. The lowest BCUT2D eigenvalue weighted by Gasteiger charge is -2.06. The zero-order valence-corrected chi connectivity index (χ0v) is 16.0. The first-order chi connectivity index (χ1) is 12.9. The maximum atomic E-state index is 12.3. The van der Waals surface area contributed by atoms with Crippen molar-refractivity contribution < 1.29 is 17.6 Å². The van der Waals surface area contributed by atoms with E-state index in [0.717, 1.165) is 25.2 Å². The number of fused-ring (bicyclic) bond motifs is 1. The van der Waals surface area contributed by atoms with Crippen LogP contribution in [0, 0.1) is 0 Å². The summed E-state index contributed by atoms with van der Waals surface area (Å²) in [7, 11) is -2.20. The molecule has 27 heavy (non-hydrogen) atoms. The first kappa shape index (κ1) is 19.1. The Labute approximate surface area is 157 Å². The first-order valence-electron chi connectivity index (χ1n) is 8.70. The minimum absolute atomic E-state index is 0.123. The summed E-state index contributed by atoms with van der Waals surface area (Å²) in [5.74, 6) is 0.845. The van der Waals surface area contributed by atoms with Crippen molar-refractivity contribution in [3.05, 3.63) is 48.2 Å². The minimum atomic E-state index is -3.55. The van der Waals surface area contributed by atoms with Gasteiger partial charge < -0.3 is 14.3 Å². The van der Waals surface area contributed by atoms with E-state index in [1.54, 1.807) is 18.3 Å². The number of aromatic nitrogens is 2. The number of imidazole rings is 1. The van der Waals surface area contributed by atoms with Gasteiger partial charge in [0.2, 0.25) is 10.0 Å². The van der Waals surface area contributed by atoms with E-state index in [0.29, 0.717) is 17.5 Å². The summed E-state index contributed by atoms with van der Waals surface area (Å²) in [4.78, 5) is 16.7. The van der Waals surface area contributed by atoms with Crippen molar-refractivity contribution in [2.75, 3.05) is 13.6 Å². The van der Waals surface area contributed by atoms with E-state index in [1.807, 2.05) is 6.20 Å². The summed E-state index contributed by atoms with van der Waals surface area (Å²) in [6.45, 7) is 3.32. The van der Waals surface area contributed by atoms with Crippen molar-refractivity contribution in [3.8, 4) is 0 Å². The Morgan fingerprint density at radius 2 is 2.11 bits per heavy atom. The molecular formula is C18H22N4O4S. The molecule has 2 aromatic heterocycles. The quantitative estimate of drug-likeness (QED) is 0.572. The van der Waals surface area contributed by atoms with Gasteiger partial charge in [0.1, 0.15) is 11.4 Å². The summed E-state index contributed by atoms with van der Waals surface area (Å²) in [5, 5.41) is 3.38. The topological polar surface area (TPSA) is 106 Å². The van der Waals surface area contributed by atoms with Crippen LogP contribution in [0.15, 0.2) is 46.0 Å². The summed E-state index contributed by atoms with van der Waals surface area (Å²) in [6, 6.07) is 6.01. The highest BCUT2D eigenvalue weighted by molar-refractivity contribution is 7.89. The third-order valence-corrected chi connectivity index (χ3v) is 5.68. The lowest BCUT2D eigenvalue weighted by molar-refractivity contribution is 0.0927. The Kier molecular flexibility index (Phi) is 5.62. The molecule has 0 unspecified atom stereocenters. The van der Waals surface area contributed by atoms with Crippen molar-refractivity contribution in [1.82, 2.24) is 19.6 Å². The van der Waals surface area contributed by atoms with Crippen molar-refractivity contribution in [2.45, 2.75) is 31.2 Å². The molecule has 2 heterocycles. The van der Waals surface area contributed by atoms with E-state index >= 15 is 0 Å². The second-order valence-electron chi connectivity index (χ2n) is 6.02. The Bertz CT molecular complexity index is 1050. The molecule has 0 aliphatic rings. The van der Waals surface area contributed by atoms with Crippen LogP contribution in [0.5, 0.6) is 0 Å². The second kappa shape index (κ2) is 7.93. The number of hydrogen-bond donors (Lipinski definition) is 2. The van der Waals surface area contributed by atoms with Gasteiger partial charge in [0, 0.05) is 37.3 Å². The van der Waals surface area contributed by atoms with Gasteiger partial charge in [-0.25, -0.2) is 18.1 Å². The molecule has 0 aliphatic carbocycles. The zero-order valence-electron chi connectivity index (χ0n) is 15.2. The number of nitrogens with zero attached hydrogens (tertiary/aromatic N) is 2. The van der Waals surface area contributed by atoms with Gasteiger partial charge >= 0.3 is 0 Å². The molecule has 0 spiro atoms. The van der Waals surface area contributed by atoms with Crippen molar-refractivity contribution in [2.24, 2.45) is 0 Å². The minimum Gasteiger partial charge on any atom is -0.451 e. The molecule has 9 heteroatoms. The van der Waals surface area contributed by atoms with Crippen molar-refractivity contribution >= 4 is 26.9 Å². The third-order valence-electron chi connectivity index (χ3n) is 4.27. The van der Waals surface area contributed by atoms with Gasteiger partial charge in [-0.2, -0.15) is 0 Å². The van der Waals surface area contributed by atoms with E-state index in [4.69, 9.17) is 4.42 Å². The van der Waals surface area contributed by atoms with Gasteiger partial charge in [0.05, 0.1) is 4.90 Å². The van der Waals surface area contributed by atoms with E-state index < -0.39 is 10.0 Å². The Hall–Kier alpha value is -2.65. The Morgan fingerprint density at radius 3 is 2.85 bits per heavy atom. The highest BCUT2D eigenvalue weighted by Gasteiger charge is 2.16. The van der Waals surface area contributed by atoms with Crippen LogP contribution < -0.4 is 10.0 Å². The summed E-state index contributed by atoms with van der Waals surface area (Å²) in [5.41, 5.74) is 0.459. The fourth-order valence-corrected chi connectivity index (χ4v) is 3.58. The van der Waals surface area contributed by atoms with Crippen LogP contribution in [-0.2, 0) is 23.0 Å². The molecule has 2 N–H and O–H groups in total. The van der Waals surface area contributed by atoms with Crippen LogP contribution in [0.2, 0.25) is 0 Å². The molecule has 0 radical (unpaired) electrons. The molecule has 0 bridgehead atoms. The standard InChI is InChI=1S/C18H22N4O4S/c1-3-17-20-8-10-22(17)9-4-7-21-18(23)16-12-13-11-14(27(24,25)19-2)5-6-15(13)26-16/h5-6,8,10-12,19H,3-4,7,9H2,1-2H3,(H,21,23). The predicted molar refractivity (Wildman–Crippen MR) is 101 cm³/mol.